The molecule has 0 spiro atoms. The molecule has 2 heteroatoms. The van der Waals surface area contributed by atoms with Gasteiger partial charge in [0.2, 0.25) is 0 Å². The average Bonchev–Trinajstić information content (AvgIpc) is 2.36. The molecule has 0 saturated carbocycles. The first-order chi connectivity index (χ1) is 8.52. The summed E-state index contributed by atoms with van der Waals surface area (Å²) in [7, 11) is 0. The van der Waals surface area contributed by atoms with Gasteiger partial charge >= 0.3 is 0 Å². The van der Waals surface area contributed by atoms with Crippen molar-refractivity contribution < 1.29 is 4.74 Å². The highest BCUT2D eigenvalue weighted by Crippen LogP contribution is 2.20. The van der Waals surface area contributed by atoms with Crippen LogP contribution in [0, 0.1) is 5.92 Å². The number of rotatable bonds is 7. The third-order valence-electron chi connectivity index (χ3n) is 3.09. The highest BCUT2D eigenvalue weighted by Gasteiger charge is 2.09. The van der Waals surface area contributed by atoms with Crippen LogP contribution in [0.5, 0.6) is 5.75 Å². The van der Waals surface area contributed by atoms with Crippen molar-refractivity contribution in [3.63, 3.8) is 0 Å². The van der Waals surface area contributed by atoms with Crippen LogP contribution in [0.25, 0.3) is 0 Å². The number of benzene rings is 1. The van der Waals surface area contributed by atoms with E-state index in [-0.39, 0.29) is 0 Å². The minimum atomic E-state index is 0.363. The Bertz CT molecular complexity index is 349. The molecule has 0 aliphatic carbocycles. The second kappa shape index (κ2) is 7.42. The third-order valence-corrected chi connectivity index (χ3v) is 3.09. The van der Waals surface area contributed by atoms with E-state index in [9.17, 15) is 0 Å². The van der Waals surface area contributed by atoms with Crippen LogP contribution < -0.4 is 10.1 Å². The maximum atomic E-state index is 5.76. The molecule has 0 bridgehead atoms. The first-order valence-corrected chi connectivity index (χ1v) is 7.01. The van der Waals surface area contributed by atoms with Crippen molar-refractivity contribution in [2.24, 2.45) is 5.92 Å². The summed E-state index contributed by atoms with van der Waals surface area (Å²) < 4.78 is 5.76. The predicted molar refractivity (Wildman–Crippen MR) is 78.1 cm³/mol. The zero-order valence-corrected chi connectivity index (χ0v) is 12.4. The molecule has 2 nitrogen and oxygen atoms in total. The molecule has 1 aromatic rings. The first kappa shape index (κ1) is 15.0. The van der Waals surface area contributed by atoms with Crippen LogP contribution in [0.3, 0.4) is 0 Å². The van der Waals surface area contributed by atoms with Gasteiger partial charge in [-0.2, -0.15) is 0 Å². The summed E-state index contributed by atoms with van der Waals surface area (Å²) in [6.45, 7) is 11.7. The predicted octanol–water partition coefficient (Wildman–Crippen LogP) is 4.17. The summed E-state index contributed by atoms with van der Waals surface area (Å²) >= 11 is 0. The standard InChI is InChI=1S/C16H27NO/c1-6-13(4)17-14(5)15-8-7-9-16(10-15)18-11-12(2)3/h7-10,12-14,17H,6,11H2,1-5H3/t13-,14-/m1/s1. The number of hydrogen-bond acceptors (Lipinski definition) is 2. The van der Waals surface area contributed by atoms with E-state index in [0.29, 0.717) is 18.0 Å². The van der Waals surface area contributed by atoms with Crippen molar-refractivity contribution in [1.29, 1.82) is 0 Å². The van der Waals surface area contributed by atoms with Gasteiger partial charge in [0.05, 0.1) is 6.61 Å². The molecular weight excluding hydrogens is 222 g/mol. The summed E-state index contributed by atoms with van der Waals surface area (Å²) in [4.78, 5) is 0. The molecule has 0 aliphatic heterocycles. The summed E-state index contributed by atoms with van der Waals surface area (Å²) in [5, 5.41) is 3.58. The van der Waals surface area contributed by atoms with Gasteiger partial charge < -0.3 is 10.1 Å². The minimum absolute atomic E-state index is 0.363. The quantitative estimate of drug-likeness (QED) is 0.783. The fourth-order valence-electron chi connectivity index (χ4n) is 1.78. The molecule has 1 aromatic carbocycles. The van der Waals surface area contributed by atoms with Gasteiger partial charge in [-0.3, -0.25) is 0 Å². The van der Waals surface area contributed by atoms with Crippen LogP contribution in [0.4, 0.5) is 0 Å². The van der Waals surface area contributed by atoms with E-state index in [4.69, 9.17) is 4.74 Å². The lowest BCUT2D eigenvalue weighted by molar-refractivity contribution is 0.270. The van der Waals surface area contributed by atoms with Crippen molar-refractivity contribution in [3.8, 4) is 5.75 Å². The van der Waals surface area contributed by atoms with Gasteiger partial charge in [-0.1, -0.05) is 32.9 Å². The van der Waals surface area contributed by atoms with Crippen LogP contribution in [0.15, 0.2) is 24.3 Å². The zero-order chi connectivity index (χ0) is 13.5. The maximum Gasteiger partial charge on any atom is 0.119 e. The van der Waals surface area contributed by atoms with Crippen LogP contribution in [-0.2, 0) is 0 Å². The zero-order valence-electron chi connectivity index (χ0n) is 12.4. The van der Waals surface area contributed by atoms with E-state index >= 15 is 0 Å². The van der Waals surface area contributed by atoms with Gasteiger partial charge in [-0.15, -0.1) is 0 Å². The normalized spacial score (nSPS) is 14.6. The number of hydrogen-bond donors (Lipinski definition) is 1. The van der Waals surface area contributed by atoms with Gasteiger partial charge in [-0.25, -0.2) is 0 Å². The fourth-order valence-corrected chi connectivity index (χ4v) is 1.78. The monoisotopic (exact) mass is 249 g/mol. The van der Waals surface area contributed by atoms with Gasteiger partial charge in [0, 0.05) is 12.1 Å². The van der Waals surface area contributed by atoms with Crippen molar-refractivity contribution in [3.05, 3.63) is 29.8 Å². The van der Waals surface area contributed by atoms with Crippen molar-refractivity contribution >= 4 is 0 Å². The molecule has 102 valence electrons. The van der Waals surface area contributed by atoms with Crippen LogP contribution in [-0.4, -0.2) is 12.6 Å². The van der Waals surface area contributed by atoms with E-state index in [1.807, 2.05) is 6.07 Å². The van der Waals surface area contributed by atoms with Crippen molar-refractivity contribution in [2.75, 3.05) is 6.61 Å². The van der Waals surface area contributed by atoms with Gasteiger partial charge in [-0.05, 0) is 43.9 Å². The highest BCUT2D eigenvalue weighted by molar-refractivity contribution is 5.30. The minimum Gasteiger partial charge on any atom is -0.493 e. The van der Waals surface area contributed by atoms with E-state index in [1.165, 1.54) is 5.56 Å². The molecule has 2 atom stereocenters. The van der Waals surface area contributed by atoms with Gasteiger partial charge in [0.1, 0.15) is 5.75 Å². The largest absolute Gasteiger partial charge is 0.493 e. The van der Waals surface area contributed by atoms with Crippen LogP contribution >= 0.6 is 0 Å². The van der Waals surface area contributed by atoms with E-state index < -0.39 is 0 Å². The fraction of sp³-hybridized carbons (Fsp3) is 0.625. The lowest BCUT2D eigenvalue weighted by atomic mass is 10.1. The molecule has 0 unspecified atom stereocenters. The molecule has 0 aromatic heterocycles. The van der Waals surface area contributed by atoms with Crippen LogP contribution in [0.2, 0.25) is 0 Å². The van der Waals surface area contributed by atoms with E-state index in [1.54, 1.807) is 0 Å². The molecule has 0 fully saturated rings. The topological polar surface area (TPSA) is 21.3 Å². The number of ether oxygens (including phenoxy) is 1. The Morgan fingerprint density at radius 3 is 2.50 bits per heavy atom. The Balaban J connectivity index is 2.63. The van der Waals surface area contributed by atoms with E-state index in [2.05, 4.69) is 58.1 Å². The molecule has 0 saturated heterocycles. The summed E-state index contributed by atoms with van der Waals surface area (Å²) in [6.07, 6.45) is 1.15. The Morgan fingerprint density at radius 1 is 1.17 bits per heavy atom. The molecule has 0 radical (unpaired) electrons. The Labute approximate surface area is 112 Å². The van der Waals surface area contributed by atoms with Gasteiger partial charge in [0.25, 0.3) is 0 Å². The highest BCUT2D eigenvalue weighted by atomic mass is 16.5. The lowest BCUT2D eigenvalue weighted by Gasteiger charge is -2.20. The van der Waals surface area contributed by atoms with Crippen molar-refractivity contribution in [1.82, 2.24) is 5.32 Å². The average molecular weight is 249 g/mol. The number of nitrogens with one attached hydrogen (secondary N) is 1. The second-order valence-corrected chi connectivity index (χ2v) is 5.47. The van der Waals surface area contributed by atoms with E-state index in [0.717, 1.165) is 18.8 Å². The molecule has 18 heavy (non-hydrogen) atoms. The summed E-state index contributed by atoms with van der Waals surface area (Å²) in [5.41, 5.74) is 1.29. The molecular formula is C16H27NO. The lowest BCUT2D eigenvalue weighted by Crippen LogP contribution is -2.28. The van der Waals surface area contributed by atoms with Crippen LogP contribution in [0.1, 0.15) is 52.6 Å². The second-order valence-electron chi connectivity index (χ2n) is 5.47. The molecule has 1 rings (SSSR count). The Morgan fingerprint density at radius 2 is 1.89 bits per heavy atom. The SMILES string of the molecule is CC[C@@H](C)N[C@H](C)c1cccc(OCC(C)C)c1. The Hall–Kier alpha value is -1.02. The molecule has 0 aliphatic rings. The molecule has 0 amide bonds. The summed E-state index contributed by atoms with van der Waals surface area (Å²) in [6, 6.07) is 9.30. The third kappa shape index (κ3) is 5.09. The smallest absolute Gasteiger partial charge is 0.119 e. The molecule has 0 heterocycles. The first-order valence-electron chi connectivity index (χ1n) is 7.01. The Kier molecular flexibility index (Phi) is 6.20. The maximum absolute atomic E-state index is 5.76. The van der Waals surface area contributed by atoms with Gasteiger partial charge in [0.15, 0.2) is 0 Å². The summed E-state index contributed by atoms with van der Waals surface area (Å²) in [5.74, 6) is 1.53. The molecule has 1 N–H and O–H groups in total. The van der Waals surface area contributed by atoms with Crippen molar-refractivity contribution in [2.45, 2.75) is 53.1 Å².